The first-order valence-electron chi connectivity index (χ1n) is 6.00. The molecule has 17 heavy (non-hydrogen) atoms. The summed E-state index contributed by atoms with van der Waals surface area (Å²) >= 11 is 3.66. The van der Waals surface area contributed by atoms with Crippen LogP contribution >= 0.6 is 15.9 Å². The highest BCUT2D eigenvalue weighted by atomic mass is 79.9. The summed E-state index contributed by atoms with van der Waals surface area (Å²) in [4.78, 5) is 12.5. The number of aromatic nitrogens is 2. The lowest BCUT2D eigenvalue weighted by molar-refractivity contribution is 0.0947. The number of hydrogen-bond donors (Lipinski definition) is 1. The number of nitrogens with zero attached hydrogens (tertiary/aromatic N) is 2. The highest BCUT2D eigenvalue weighted by Crippen LogP contribution is 2.30. The van der Waals surface area contributed by atoms with Crippen LogP contribution < -0.4 is 5.32 Å². The third-order valence-electron chi connectivity index (χ3n) is 3.35. The molecule has 0 aromatic carbocycles. The molecule has 1 fully saturated rings. The van der Waals surface area contributed by atoms with Crippen LogP contribution in [0.1, 0.15) is 35.3 Å². The molecule has 1 amide bonds. The highest BCUT2D eigenvalue weighted by molar-refractivity contribution is 9.09. The molecule has 0 aliphatic heterocycles. The van der Waals surface area contributed by atoms with E-state index in [0.29, 0.717) is 16.3 Å². The van der Waals surface area contributed by atoms with Gasteiger partial charge in [-0.3, -0.25) is 9.48 Å². The molecule has 1 saturated carbocycles. The second kappa shape index (κ2) is 5.21. The number of amides is 1. The summed E-state index contributed by atoms with van der Waals surface area (Å²) in [6, 6.07) is 0. The number of hydrogen-bond acceptors (Lipinski definition) is 2. The maximum absolute atomic E-state index is 12.0. The summed E-state index contributed by atoms with van der Waals surface area (Å²) in [5, 5.41) is 7.18. The predicted octanol–water partition coefficient (Wildman–Crippen LogP) is 2.02. The van der Waals surface area contributed by atoms with E-state index in [9.17, 15) is 4.79 Å². The molecule has 1 aromatic heterocycles. The number of halogens is 1. The van der Waals surface area contributed by atoms with E-state index < -0.39 is 0 Å². The Morgan fingerprint density at radius 3 is 2.94 bits per heavy atom. The van der Waals surface area contributed by atoms with E-state index >= 15 is 0 Å². The van der Waals surface area contributed by atoms with Gasteiger partial charge in [0.2, 0.25) is 0 Å². The molecule has 1 aromatic rings. The van der Waals surface area contributed by atoms with Gasteiger partial charge in [0.25, 0.3) is 5.91 Å². The Bertz CT molecular complexity index is 416. The molecule has 2 unspecified atom stereocenters. The summed E-state index contributed by atoms with van der Waals surface area (Å²) < 4.78 is 1.67. The molecule has 4 nitrogen and oxygen atoms in total. The fourth-order valence-corrected chi connectivity index (χ4v) is 3.14. The van der Waals surface area contributed by atoms with E-state index in [4.69, 9.17) is 0 Å². The van der Waals surface area contributed by atoms with E-state index in [0.717, 1.165) is 12.2 Å². The molecule has 0 saturated heterocycles. The van der Waals surface area contributed by atoms with Gasteiger partial charge in [0, 0.05) is 24.6 Å². The quantitative estimate of drug-likeness (QED) is 0.868. The van der Waals surface area contributed by atoms with Crippen molar-refractivity contribution in [2.45, 2.75) is 31.0 Å². The lowest BCUT2D eigenvalue weighted by Gasteiger charge is -2.14. The Morgan fingerprint density at radius 2 is 2.41 bits per heavy atom. The van der Waals surface area contributed by atoms with E-state index in [1.54, 1.807) is 10.9 Å². The van der Waals surface area contributed by atoms with Gasteiger partial charge in [-0.2, -0.15) is 5.10 Å². The minimum atomic E-state index is -0.0119. The van der Waals surface area contributed by atoms with Crippen molar-refractivity contribution in [1.29, 1.82) is 0 Å². The average Bonchev–Trinajstić information content (AvgIpc) is 2.81. The molecule has 1 aliphatic carbocycles. The van der Waals surface area contributed by atoms with Crippen molar-refractivity contribution in [2.24, 2.45) is 13.0 Å². The second-order valence-electron chi connectivity index (χ2n) is 4.72. The zero-order valence-corrected chi connectivity index (χ0v) is 11.8. The number of alkyl halides is 1. The topological polar surface area (TPSA) is 46.9 Å². The van der Waals surface area contributed by atoms with Crippen molar-refractivity contribution in [3.63, 3.8) is 0 Å². The maximum atomic E-state index is 12.0. The van der Waals surface area contributed by atoms with Crippen molar-refractivity contribution in [2.75, 3.05) is 6.54 Å². The summed E-state index contributed by atoms with van der Waals surface area (Å²) in [5.74, 6) is 0.554. The zero-order chi connectivity index (χ0) is 12.4. The molecule has 2 atom stereocenters. The second-order valence-corrected chi connectivity index (χ2v) is 5.90. The van der Waals surface area contributed by atoms with Gasteiger partial charge >= 0.3 is 0 Å². The van der Waals surface area contributed by atoms with E-state index in [-0.39, 0.29) is 5.91 Å². The Labute approximate surface area is 110 Å². The first-order valence-corrected chi connectivity index (χ1v) is 6.92. The van der Waals surface area contributed by atoms with Crippen molar-refractivity contribution >= 4 is 21.8 Å². The van der Waals surface area contributed by atoms with Gasteiger partial charge in [-0.15, -0.1) is 0 Å². The summed E-state index contributed by atoms with van der Waals surface area (Å²) in [5.41, 5.74) is 1.46. The van der Waals surface area contributed by atoms with Crippen LogP contribution in [0.3, 0.4) is 0 Å². The van der Waals surface area contributed by atoms with Crippen LogP contribution in [0, 0.1) is 12.8 Å². The van der Waals surface area contributed by atoms with E-state index in [1.165, 1.54) is 19.3 Å². The number of rotatable bonds is 3. The SMILES string of the molecule is Cc1nn(C)cc1C(=O)NCC1CCCC1Br. The first kappa shape index (κ1) is 12.6. The van der Waals surface area contributed by atoms with Crippen LogP contribution in [0.25, 0.3) is 0 Å². The van der Waals surface area contributed by atoms with E-state index in [1.807, 2.05) is 14.0 Å². The number of nitrogens with one attached hydrogen (secondary N) is 1. The molecule has 0 radical (unpaired) electrons. The van der Waals surface area contributed by atoms with Crippen LogP contribution in [0.4, 0.5) is 0 Å². The molecular formula is C12H18BrN3O. The van der Waals surface area contributed by atoms with Crippen molar-refractivity contribution in [3.8, 4) is 0 Å². The zero-order valence-electron chi connectivity index (χ0n) is 10.2. The standard InChI is InChI=1S/C12H18BrN3O/c1-8-10(7-16(2)15-8)12(17)14-6-9-4-3-5-11(9)13/h7,9,11H,3-6H2,1-2H3,(H,14,17). The van der Waals surface area contributed by atoms with Gasteiger partial charge in [-0.1, -0.05) is 22.4 Å². The van der Waals surface area contributed by atoms with Crippen LogP contribution in [0.2, 0.25) is 0 Å². The molecule has 2 rings (SSSR count). The van der Waals surface area contributed by atoms with Crippen molar-refractivity contribution < 1.29 is 4.79 Å². The van der Waals surface area contributed by atoms with Crippen molar-refractivity contribution in [3.05, 3.63) is 17.5 Å². The molecule has 5 heteroatoms. The molecular weight excluding hydrogens is 282 g/mol. The average molecular weight is 300 g/mol. The van der Waals surface area contributed by atoms with Gasteiger partial charge in [0.15, 0.2) is 0 Å². The molecule has 1 heterocycles. The summed E-state index contributed by atoms with van der Waals surface area (Å²) in [7, 11) is 1.83. The molecule has 1 N–H and O–H groups in total. The summed E-state index contributed by atoms with van der Waals surface area (Å²) in [6.07, 6.45) is 5.43. The first-order chi connectivity index (χ1) is 8.08. The Balaban J connectivity index is 1.91. The van der Waals surface area contributed by atoms with Crippen LogP contribution in [-0.4, -0.2) is 27.1 Å². The largest absolute Gasteiger partial charge is 0.352 e. The fourth-order valence-electron chi connectivity index (χ4n) is 2.36. The van der Waals surface area contributed by atoms with Crippen LogP contribution in [-0.2, 0) is 7.05 Å². The number of carbonyl (C=O) groups is 1. The van der Waals surface area contributed by atoms with Crippen LogP contribution in [0.5, 0.6) is 0 Å². The summed E-state index contributed by atoms with van der Waals surface area (Å²) in [6.45, 7) is 2.61. The highest BCUT2D eigenvalue weighted by Gasteiger charge is 2.25. The van der Waals surface area contributed by atoms with Gasteiger partial charge in [-0.05, 0) is 25.7 Å². The van der Waals surface area contributed by atoms with Crippen LogP contribution in [0.15, 0.2) is 6.20 Å². The Hall–Kier alpha value is -0.840. The Morgan fingerprint density at radius 1 is 1.65 bits per heavy atom. The fraction of sp³-hybridized carbons (Fsp3) is 0.667. The van der Waals surface area contributed by atoms with Gasteiger partial charge in [-0.25, -0.2) is 0 Å². The third-order valence-corrected chi connectivity index (χ3v) is 4.55. The van der Waals surface area contributed by atoms with Gasteiger partial charge in [0.1, 0.15) is 0 Å². The van der Waals surface area contributed by atoms with Gasteiger partial charge in [0.05, 0.1) is 11.3 Å². The number of aryl methyl sites for hydroxylation is 2. The minimum absolute atomic E-state index is 0.0119. The molecule has 94 valence electrons. The smallest absolute Gasteiger partial charge is 0.254 e. The predicted molar refractivity (Wildman–Crippen MR) is 70.3 cm³/mol. The van der Waals surface area contributed by atoms with Crippen molar-refractivity contribution in [1.82, 2.24) is 15.1 Å². The lowest BCUT2D eigenvalue weighted by Crippen LogP contribution is -2.31. The minimum Gasteiger partial charge on any atom is -0.352 e. The third kappa shape index (κ3) is 2.89. The Kier molecular flexibility index (Phi) is 3.86. The van der Waals surface area contributed by atoms with E-state index in [2.05, 4.69) is 26.3 Å². The van der Waals surface area contributed by atoms with Gasteiger partial charge < -0.3 is 5.32 Å². The molecule has 1 aliphatic rings. The normalized spacial score (nSPS) is 23.9. The number of carbonyl (C=O) groups excluding carboxylic acids is 1. The monoisotopic (exact) mass is 299 g/mol. The molecule has 0 bridgehead atoms. The molecule has 0 spiro atoms. The lowest BCUT2D eigenvalue weighted by atomic mass is 10.1. The maximum Gasteiger partial charge on any atom is 0.254 e.